The van der Waals surface area contributed by atoms with Crippen molar-refractivity contribution in [2.24, 2.45) is 0 Å². The molecule has 2 aromatic rings. The highest BCUT2D eigenvalue weighted by Crippen LogP contribution is 2.13. The predicted molar refractivity (Wildman–Crippen MR) is 93.5 cm³/mol. The molecule has 0 unspecified atom stereocenters. The van der Waals surface area contributed by atoms with Gasteiger partial charge in [-0.3, -0.25) is 4.79 Å². The van der Waals surface area contributed by atoms with Crippen LogP contribution in [0.2, 0.25) is 0 Å². The molecule has 0 heterocycles. The number of rotatable bonds is 6. The molecule has 0 N–H and O–H groups in total. The number of hydrogen-bond donors (Lipinski definition) is 0. The van der Waals surface area contributed by atoms with Crippen LogP contribution in [0.1, 0.15) is 11.1 Å². The molecule has 0 aromatic heterocycles. The van der Waals surface area contributed by atoms with Crippen LogP contribution < -0.4 is 0 Å². The largest absolute Gasteiger partial charge is 0.337 e. The second-order valence-corrected chi connectivity index (χ2v) is 6.50. The van der Waals surface area contributed by atoms with E-state index in [4.69, 9.17) is 0 Å². The first-order chi connectivity index (χ1) is 10.2. The summed E-state index contributed by atoms with van der Waals surface area (Å²) >= 11 is 6.83. The molecular formula is C17H17Br2NO. The first kappa shape index (κ1) is 16.2. The first-order valence-corrected chi connectivity index (χ1v) is 8.72. The van der Waals surface area contributed by atoms with E-state index in [-0.39, 0.29) is 5.91 Å². The maximum atomic E-state index is 12.5. The minimum atomic E-state index is 0.153. The van der Waals surface area contributed by atoms with Gasteiger partial charge in [-0.05, 0) is 23.3 Å². The fraction of sp³-hybridized carbons (Fsp3) is 0.235. The zero-order chi connectivity index (χ0) is 15.1. The SMILES string of the molecule is O=C(Cc1ccc(Br)cc1)N(CCBr)Cc1ccccc1. The van der Waals surface area contributed by atoms with Crippen LogP contribution in [0.5, 0.6) is 0 Å². The highest BCUT2D eigenvalue weighted by molar-refractivity contribution is 9.10. The molecule has 0 aliphatic heterocycles. The fourth-order valence-electron chi connectivity index (χ4n) is 2.09. The normalized spacial score (nSPS) is 10.4. The van der Waals surface area contributed by atoms with Gasteiger partial charge in [0, 0.05) is 22.9 Å². The summed E-state index contributed by atoms with van der Waals surface area (Å²) in [4.78, 5) is 14.4. The summed E-state index contributed by atoms with van der Waals surface area (Å²) in [6.07, 6.45) is 0.438. The first-order valence-electron chi connectivity index (χ1n) is 6.81. The maximum Gasteiger partial charge on any atom is 0.227 e. The number of carbonyl (C=O) groups excluding carboxylic acids is 1. The second-order valence-electron chi connectivity index (χ2n) is 4.79. The Labute approximate surface area is 142 Å². The third kappa shape index (κ3) is 5.29. The van der Waals surface area contributed by atoms with Crippen molar-refractivity contribution in [3.63, 3.8) is 0 Å². The lowest BCUT2D eigenvalue weighted by atomic mass is 10.1. The predicted octanol–water partition coefficient (Wildman–Crippen LogP) is 4.42. The molecule has 2 aromatic carbocycles. The van der Waals surface area contributed by atoms with Crippen LogP contribution in [0.3, 0.4) is 0 Å². The fourth-order valence-corrected chi connectivity index (χ4v) is 2.78. The molecule has 0 aliphatic carbocycles. The van der Waals surface area contributed by atoms with Crippen molar-refractivity contribution in [1.29, 1.82) is 0 Å². The van der Waals surface area contributed by atoms with E-state index in [2.05, 4.69) is 31.9 Å². The quantitative estimate of drug-likeness (QED) is 0.645. The van der Waals surface area contributed by atoms with Crippen molar-refractivity contribution in [3.8, 4) is 0 Å². The van der Waals surface area contributed by atoms with E-state index < -0.39 is 0 Å². The van der Waals surface area contributed by atoms with Gasteiger partial charge in [0.05, 0.1) is 6.42 Å². The molecule has 0 aliphatic rings. The Morgan fingerprint density at radius 1 is 0.952 bits per heavy atom. The Hall–Kier alpha value is -1.13. The van der Waals surface area contributed by atoms with Crippen molar-refractivity contribution in [2.75, 3.05) is 11.9 Å². The number of alkyl halides is 1. The van der Waals surface area contributed by atoms with Crippen LogP contribution in [-0.4, -0.2) is 22.7 Å². The lowest BCUT2D eigenvalue weighted by Crippen LogP contribution is -2.33. The van der Waals surface area contributed by atoms with Crippen LogP contribution in [-0.2, 0) is 17.8 Å². The molecule has 2 nitrogen and oxygen atoms in total. The number of hydrogen-bond acceptors (Lipinski definition) is 1. The molecule has 110 valence electrons. The molecule has 0 atom stereocenters. The van der Waals surface area contributed by atoms with Crippen molar-refractivity contribution < 1.29 is 4.79 Å². The molecule has 0 radical (unpaired) electrons. The van der Waals surface area contributed by atoms with Crippen LogP contribution in [0.15, 0.2) is 59.1 Å². The molecule has 2 rings (SSSR count). The maximum absolute atomic E-state index is 12.5. The Kier molecular flexibility index (Phi) is 6.46. The number of benzene rings is 2. The molecule has 1 amide bonds. The van der Waals surface area contributed by atoms with Gasteiger partial charge < -0.3 is 4.90 Å². The minimum absolute atomic E-state index is 0.153. The van der Waals surface area contributed by atoms with Crippen LogP contribution >= 0.6 is 31.9 Å². The summed E-state index contributed by atoms with van der Waals surface area (Å²) in [5, 5.41) is 0.784. The number of amides is 1. The van der Waals surface area contributed by atoms with Gasteiger partial charge in [-0.25, -0.2) is 0 Å². The number of halogens is 2. The Morgan fingerprint density at radius 3 is 2.24 bits per heavy atom. The van der Waals surface area contributed by atoms with Crippen LogP contribution in [0.25, 0.3) is 0 Å². The van der Waals surface area contributed by atoms with E-state index in [1.165, 1.54) is 0 Å². The molecule has 0 bridgehead atoms. The summed E-state index contributed by atoms with van der Waals surface area (Å²) < 4.78 is 1.03. The topological polar surface area (TPSA) is 20.3 Å². The van der Waals surface area contributed by atoms with Gasteiger partial charge in [0.1, 0.15) is 0 Å². The lowest BCUT2D eigenvalue weighted by Gasteiger charge is -2.22. The van der Waals surface area contributed by atoms with Gasteiger partial charge in [0.2, 0.25) is 5.91 Å². The summed E-state index contributed by atoms with van der Waals surface area (Å²) in [5.74, 6) is 0.153. The third-order valence-corrected chi connectivity index (χ3v) is 4.08. The van der Waals surface area contributed by atoms with Gasteiger partial charge in [-0.15, -0.1) is 0 Å². The Balaban J connectivity index is 2.03. The Bertz CT molecular complexity index is 569. The Morgan fingerprint density at radius 2 is 1.62 bits per heavy atom. The summed E-state index contributed by atoms with van der Waals surface area (Å²) in [6.45, 7) is 1.37. The van der Waals surface area contributed by atoms with E-state index in [0.29, 0.717) is 19.5 Å². The van der Waals surface area contributed by atoms with E-state index in [9.17, 15) is 4.79 Å². The second kappa shape index (κ2) is 8.35. The zero-order valence-electron chi connectivity index (χ0n) is 11.6. The van der Waals surface area contributed by atoms with E-state index in [1.807, 2.05) is 59.5 Å². The smallest absolute Gasteiger partial charge is 0.227 e. The van der Waals surface area contributed by atoms with Crippen LogP contribution in [0.4, 0.5) is 0 Å². The summed E-state index contributed by atoms with van der Waals surface area (Å²) in [7, 11) is 0. The average Bonchev–Trinajstić information content (AvgIpc) is 2.50. The minimum Gasteiger partial charge on any atom is -0.337 e. The van der Waals surface area contributed by atoms with Crippen molar-refractivity contribution >= 4 is 37.8 Å². The van der Waals surface area contributed by atoms with Crippen molar-refractivity contribution in [2.45, 2.75) is 13.0 Å². The van der Waals surface area contributed by atoms with Gasteiger partial charge in [0.15, 0.2) is 0 Å². The van der Waals surface area contributed by atoms with Gasteiger partial charge in [-0.2, -0.15) is 0 Å². The van der Waals surface area contributed by atoms with Gasteiger partial charge in [-0.1, -0.05) is 74.3 Å². The molecule has 0 spiro atoms. The molecule has 0 fully saturated rings. The molecule has 4 heteroatoms. The monoisotopic (exact) mass is 409 g/mol. The van der Waals surface area contributed by atoms with E-state index >= 15 is 0 Å². The number of nitrogens with zero attached hydrogens (tertiary/aromatic N) is 1. The third-order valence-electron chi connectivity index (χ3n) is 3.19. The lowest BCUT2D eigenvalue weighted by molar-refractivity contribution is -0.130. The highest BCUT2D eigenvalue weighted by Gasteiger charge is 2.14. The van der Waals surface area contributed by atoms with Gasteiger partial charge in [0.25, 0.3) is 0 Å². The standard InChI is InChI=1S/C17H17Br2NO/c18-10-11-20(13-15-4-2-1-3-5-15)17(21)12-14-6-8-16(19)9-7-14/h1-9H,10-13H2. The highest BCUT2D eigenvalue weighted by atomic mass is 79.9. The van der Waals surface area contributed by atoms with Crippen molar-refractivity contribution in [1.82, 2.24) is 4.90 Å². The summed E-state index contributed by atoms with van der Waals surface area (Å²) in [6, 6.07) is 18.0. The zero-order valence-corrected chi connectivity index (χ0v) is 14.8. The van der Waals surface area contributed by atoms with Crippen LogP contribution in [0, 0.1) is 0 Å². The average molecular weight is 411 g/mol. The molecule has 0 saturated heterocycles. The van der Waals surface area contributed by atoms with Gasteiger partial charge >= 0.3 is 0 Å². The number of carbonyl (C=O) groups is 1. The summed E-state index contributed by atoms with van der Waals surface area (Å²) in [5.41, 5.74) is 2.19. The van der Waals surface area contributed by atoms with E-state index in [0.717, 1.165) is 20.9 Å². The van der Waals surface area contributed by atoms with E-state index in [1.54, 1.807) is 0 Å². The molecule has 21 heavy (non-hydrogen) atoms. The molecular weight excluding hydrogens is 394 g/mol. The van der Waals surface area contributed by atoms with Crippen molar-refractivity contribution in [3.05, 3.63) is 70.2 Å². The molecule has 0 saturated carbocycles.